The van der Waals surface area contributed by atoms with Crippen molar-refractivity contribution >= 4 is 34.0 Å². The topological polar surface area (TPSA) is 96.7 Å². The molecule has 122 valence electrons. The molecule has 0 bridgehead atoms. The number of carbonyl (C=O) groups is 1. The molecule has 0 aliphatic carbocycles. The summed E-state index contributed by atoms with van der Waals surface area (Å²) in [5.74, 6) is 0.466. The highest BCUT2D eigenvalue weighted by Crippen LogP contribution is 2.28. The Morgan fingerprint density at radius 1 is 1.04 bits per heavy atom. The van der Waals surface area contributed by atoms with Gasteiger partial charge in [0.1, 0.15) is 17.8 Å². The molecule has 2 aromatic heterocycles. The van der Waals surface area contributed by atoms with Crippen molar-refractivity contribution in [1.29, 1.82) is 0 Å². The first-order valence-corrected chi connectivity index (χ1v) is 7.77. The zero-order chi connectivity index (χ0) is 17.2. The molecule has 0 amide bonds. The van der Waals surface area contributed by atoms with Gasteiger partial charge in [-0.15, -0.1) is 0 Å². The monoisotopic (exact) mass is 329 g/mol. The minimum atomic E-state index is -0.0859. The number of nitrogens with zero attached hydrogens (tertiary/aromatic N) is 2. The SMILES string of the molecule is Nc1cccc(Nc2ncnc3[nH]cc(C(=O)c4ccccc4)c23)c1. The van der Waals surface area contributed by atoms with Gasteiger partial charge in [-0.25, -0.2) is 9.97 Å². The van der Waals surface area contributed by atoms with Gasteiger partial charge in [0.2, 0.25) is 0 Å². The fraction of sp³-hybridized carbons (Fsp3) is 0. The second-order valence-electron chi connectivity index (χ2n) is 5.59. The van der Waals surface area contributed by atoms with E-state index < -0.39 is 0 Å². The summed E-state index contributed by atoms with van der Waals surface area (Å²) in [5.41, 5.74) is 8.99. The number of aromatic nitrogens is 3. The van der Waals surface area contributed by atoms with Crippen LogP contribution in [0.5, 0.6) is 0 Å². The molecule has 0 spiro atoms. The summed E-state index contributed by atoms with van der Waals surface area (Å²) in [7, 11) is 0. The molecule has 2 aromatic carbocycles. The molecule has 0 radical (unpaired) electrons. The van der Waals surface area contributed by atoms with Gasteiger partial charge in [-0.05, 0) is 18.2 Å². The molecule has 0 unspecified atom stereocenters. The molecule has 2 heterocycles. The first kappa shape index (κ1) is 14.9. The molecular weight excluding hydrogens is 314 g/mol. The number of hydrogen-bond acceptors (Lipinski definition) is 5. The molecule has 25 heavy (non-hydrogen) atoms. The van der Waals surface area contributed by atoms with Crippen molar-refractivity contribution in [3.8, 4) is 0 Å². The van der Waals surface area contributed by atoms with Crippen LogP contribution in [0.15, 0.2) is 67.1 Å². The first-order valence-electron chi connectivity index (χ1n) is 7.77. The Hall–Kier alpha value is -3.67. The summed E-state index contributed by atoms with van der Waals surface area (Å²) in [6, 6.07) is 16.5. The fourth-order valence-electron chi connectivity index (χ4n) is 2.73. The van der Waals surface area contributed by atoms with E-state index in [1.807, 2.05) is 30.3 Å². The van der Waals surface area contributed by atoms with Crippen LogP contribution in [0, 0.1) is 0 Å². The van der Waals surface area contributed by atoms with Crippen molar-refractivity contribution in [3.63, 3.8) is 0 Å². The predicted octanol–water partition coefficient (Wildman–Crippen LogP) is 3.51. The Balaban J connectivity index is 1.81. The maximum atomic E-state index is 12.9. The van der Waals surface area contributed by atoms with E-state index in [-0.39, 0.29) is 5.78 Å². The number of nitrogens with one attached hydrogen (secondary N) is 2. The molecule has 4 rings (SSSR count). The van der Waals surface area contributed by atoms with Gasteiger partial charge in [0.15, 0.2) is 5.78 Å². The lowest BCUT2D eigenvalue weighted by Gasteiger charge is -2.08. The maximum Gasteiger partial charge on any atom is 0.195 e. The first-order chi connectivity index (χ1) is 12.2. The highest BCUT2D eigenvalue weighted by molar-refractivity contribution is 6.18. The molecule has 4 aromatic rings. The van der Waals surface area contributed by atoms with Gasteiger partial charge in [-0.1, -0.05) is 36.4 Å². The van der Waals surface area contributed by atoms with Gasteiger partial charge in [-0.2, -0.15) is 0 Å². The minimum absolute atomic E-state index is 0.0859. The van der Waals surface area contributed by atoms with Crippen molar-refractivity contribution < 1.29 is 4.79 Å². The molecule has 0 fully saturated rings. The molecule has 0 aliphatic rings. The number of rotatable bonds is 4. The Kier molecular flexibility index (Phi) is 3.63. The summed E-state index contributed by atoms with van der Waals surface area (Å²) < 4.78 is 0. The number of aromatic amines is 1. The lowest BCUT2D eigenvalue weighted by Crippen LogP contribution is -2.02. The van der Waals surface area contributed by atoms with Crippen molar-refractivity contribution in [2.75, 3.05) is 11.1 Å². The Bertz CT molecular complexity index is 1060. The van der Waals surface area contributed by atoms with Crippen LogP contribution in [0.3, 0.4) is 0 Å². The zero-order valence-corrected chi connectivity index (χ0v) is 13.2. The van der Waals surface area contributed by atoms with Gasteiger partial charge < -0.3 is 16.0 Å². The average Bonchev–Trinajstić information content (AvgIpc) is 3.07. The maximum absolute atomic E-state index is 12.9. The number of carbonyl (C=O) groups excluding carboxylic acids is 1. The summed E-state index contributed by atoms with van der Waals surface area (Å²) in [4.78, 5) is 24.4. The van der Waals surface area contributed by atoms with Crippen molar-refractivity contribution in [2.45, 2.75) is 0 Å². The smallest absolute Gasteiger partial charge is 0.195 e. The molecule has 6 nitrogen and oxygen atoms in total. The number of H-pyrrole nitrogens is 1. The van der Waals surface area contributed by atoms with Crippen LogP contribution in [-0.4, -0.2) is 20.7 Å². The van der Waals surface area contributed by atoms with Crippen LogP contribution in [0.1, 0.15) is 15.9 Å². The number of anilines is 3. The molecule has 0 atom stereocenters. The third-order valence-electron chi connectivity index (χ3n) is 3.90. The molecule has 0 saturated carbocycles. The van der Waals surface area contributed by atoms with Gasteiger partial charge in [0.05, 0.1) is 10.9 Å². The number of nitrogens with two attached hydrogens (primary N) is 1. The third-order valence-corrected chi connectivity index (χ3v) is 3.90. The van der Waals surface area contributed by atoms with E-state index in [2.05, 4.69) is 20.3 Å². The lowest BCUT2D eigenvalue weighted by molar-refractivity contribution is 0.104. The molecule has 4 N–H and O–H groups in total. The van der Waals surface area contributed by atoms with Gasteiger partial charge >= 0.3 is 0 Å². The van der Waals surface area contributed by atoms with E-state index in [1.165, 1.54) is 6.33 Å². The molecular formula is C19H15N5O. The molecule has 6 heteroatoms. The van der Waals surface area contributed by atoms with Gasteiger partial charge in [-0.3, -0.25) is 4.79 Å². The van der Waals surface area contributed by atoms with Crippen LogP contribution in [0.4, 0.5) is 17.2 Å². The number of fused-ring (bicyclic) bond motifs is 1. The van der Waals surface area contributed by atoms with Crippen molar-refractivity contribution in [3.05, 3.63) is 78.2 Å². The number of benzene rings is 2. The number of ketones is 1. The predicted molar refractivity (Wildman–Crippen MR) is 97.9 cm³/mol. The normalized spacial score (nSPS) is 10.7. The van der Waals surface area contributed by atoms with E-state index in [4.69, 9.17) is 5.73 Å². The van der Waals surface area contributed by atoms with Crippen molar-refractivity contribution in [1.82, 2.24) is 15.0 Å². The van der Waals surface area contributed by atoms with E-state index in [9.17, 15) is 4.79 Å². The number of hydrogen-bond donors (Lipinski definition) is 3. The largest absolute Gasteiger partial charge is 0.399 e. The second-order valence-corrected chi connectivity index (χ2v) is 5.59. The van der Waals surface area contributed by atoms with Crippen LogP contribution in [0.2, 0.25) is 0 Å². The molecule has 0 saturated heterocycles. The van der Waals surface area contributed by atoms with E-state index in [0.717, 1.165) is 5.69 Å². The van der Waals surface area contributed by atoms with E-state index in [0.29, 0.717) is 33.7 Å². The second kappa shape index (κ2) is 6.09. The van der Waals surface area contributed by atoms with E-state index in [1.54, 1.807) is 30.5 Å². The van der Waals surface area contributed by atoms with E-state index >= 15 is 0 Å². The number of nitrogen functional groups attached to an aromatic ring is 1. The van der Waals surface area contributed by atoms with Crippen molar-refractivity contribution in [2.24, 2.45) is 0 Å². The molecule has 0 aliphatic heterocycles. The Labute approximate surface area is 143 Å². The quantitative estimate of drug-likeness (QED) is 0.393. The van der Waals surface area contributed by atoms with Crippen LogP contribution < -0.4 is 11.1 Å². The third kappa shape index (κ3) is 2.81. The lowest BCUT2D eigenvalue weighted by atomic mass is 10.0. The summed E-state index contributed by atoms with van der Waals surface area (Å²) >= 11 is 0. The van der Waals surface area contributed by atoms with Crippen LogP contribution in [-0.2, 0) is 0 Å². The summed E-state index contributed by atoms with van der Waals surface area (Å²) in [6.45, 7) is 0. The Morgan fingerprint density at radius 2 is 1.88 bits per heavy atom. The highest BCUT2D eigenvalue weighted by atomic mass is 16.1. The Morgan fingerprint density at radius 3 is 2.68 bits per heavy atom. The minimum Gasteiger partial charge on any atom is -0.399 e. The zero-order valence-electron chi connectivity index (χ0n) is 13.2. The van der Waals surface area contributed by atoms with Gasteiger partial charge in [0, 0.05) is 23.1 Å². The standard InChI is InChI=1S/C19H15N5O/c20-13-7-4-8-14(9-13)24-19-16-15(10-21-18(16)22-11-23-19)17(25)12-5-2-1-3-6-12/h1-11H,20H2,(H2,21,22,23,24). The van der Waals surface area contributed by atoms with Crippen LogP contribution in [0.25, 0.3) is 11.0 Å². The average molecular weight is 329 g/mol. The van der Waals surface area contributed by atoms with Gasteiger partial charge in [0.25, 0.3) is 0 Å². The van der Waals surface area contributed by atoms with Crippen LogP contribution >= 0.6 is 0 Å². The highest BCUT2D eigenvalue weighted by Gasteiger charge is 2.18. The summed E-state index contributed by atoms with van der Waals surface area (Å²) in [6.07, 6.45) is 3.11. The fourth-order valence-corrected chi connectivity index (χ4v) is 2.73. The summed E-state index contributed by atoms with van der Waals surface area (Å²) in [5, 5.41) is 3.87.